The molecule has 0 saturated heterocycles. The Labute approximate surface area is 457 Å². The first-order chi connectivity index (χ1) is 39.0. The van der Waals surface area contributed by atoms with E-state index in [0.717, 1.165) is 24.2 Å². The molecule has 3 nitrogen and oxygen atoms in total. The summed E-state index contributed by atoms with van der Waals surface area (Å²) in [5.74, 6) is 0.0273. The molecular weight excluding hydrogens is 957 g/mol. The van der Waals surface area contributed by atoms with Gasteiger partial charge in [-0.05, 0) is 169 Å². The molecule has 0 amide bonds. The Morgan fingerprint density at radius 3 is 1.28 bits per heavy atom. The van der Waals surface area contributed by atoms with Gasteiger partial charge in [-0.3, -0.25) is 4.79 Å². The third-order valence-corrected chi connectivity index (χ3v) is 18.9. The minimum atomic E-state index is -0.696. The van der Waals surface area contributed by atoms with Crippen LogP contribution in [0.3, 0.4) is 0 Å². The molecule has 0 radical (unpaired) electrons. The first-order valence-corrected chi connectivity index (χ1v) is 27.8. The Balaban J connectivity index is 0.880. The zero-order valence-corrected chi connectivity index (χ0v) is 43.4. The third kappa shape index (κ3) is 5.35. The number of carbonyl (C=O) groups excluding carboxylic acids is 1. The van der Waals surface area contributed by atoms with Crippen LogP contribution in [0.25, 0.3) is 93.9 Å². The SMILES string of the molecule is Cc1ccc2c(c1)C1(c3ccccc3-c3ccccc31)c1cc(C(=O)c3ccc4c(c3)C3(C5=C4C=CCC5)c4cc(-n5c6ccccc6c6ccccc65)ccc4-c4ccc(-n5c6ccccc6c6ccccc65)cc43)ccc1-2. The number of nitrogens with zero attached hydrogens (tertiary/aromatic N) is 2. The second-order valence-electron chi connectivity index (χ2n) is 22.5. The van der Waals surface area contributed by atoms with E-state index in [1.165, 1.54) is 138 Å². The summed E-state index contributed by atoms with van der Waals surface area (Å²) in [5, 5.41) is 4.95. The molecule has 0 unspecified atom stereocenters. The fraction of sp³-hybridized carbons (Fsp3) is 0.0658. The van der Waals surface area contributed by atoms with Gasteiger partial charge in [0.05, 0.1) is 32.9 Å². The fourth-order valence-corrected chi connectivity index (χ4v) is 15.9. The average Bonchev–Trinajstić information content (AvgIpc) is 4.49. The molecular formula is C76H48N2O. The number of aryl methyl sites for hydroxylation is 1. The molecule has 0 saturated carbocycles. The number of para-hydroxylation sites is 4. The van der Waals surface area contributed by atoms with Crippen LogP contribution >= 0.6 is 0 Å². The lowest BCUT2D eigenvalue weighted by Gasteiger charge is -2.34. The van der Waals surface area contributed by atoms with Crippen LogP contribution in [0.5, 0.6) is 0 Å². The Hall–Kier alpha value is -9.83. The highest BCUT2D eigenvalue weighted by Crippen LogP contribution is 2.66. The summed E-state index contributed by atoms with van der Waals surface area (Å²) >= 11 is 0. The van der Waals surface area contributed by atoms with E-state index in [9.17, 15) is 0 Å². The smallest absolute Gasteiger partial charge is 0.193 e. The first-order valence-electron chi connectivity index (χ1n) is 27.8. The van der Waals surface area contributed by atoms with Crippen LogP contribution in [0.15, 0.2) is 254 Å². The Morgan fingerprint density at radius 2 is 0.759 bits per heavy atom. The maximum absolute atomic E-state index is 16.0. The number of ketones is 1. The number of aromatic nitrogens is 2. The highest BCUT2D eigenvalue weighted by atomic mass is 16.1. The van der Waals surface area contributed by atoms with Crippen molar-refractivity contribution in [1.82, 2.24) is 9.13 Å². The quantitative estimate of drug-likeness (QED) is 0.161. The van der Waals surface area contributed by atoms with Crippen molar-refractivity contribution in [1.29, 1.82) is 0 Å². The van der Waals surface area contributed by atoms with E-state index in [-0.39, 0.29) is 5.78 Å². The molecule has 5 aliphatic carbocycles. The number of allylic oxidation sites excluding steroid dienone is 4. The number of benzene rings is 11. The van der Waals surface area contributed by atoms with Gasteiger partial charge in [-0.15, -0.1) is 0 Å². The number of fused-ring (bicyclic) bond motifs is 25. The molecule has 0 atom stereocenters. The van der Waals surface area contributed by atoms with Crippen LogP contribution in [0.2, 0.25) is 0 Å². The molecule has 2 spiro atoms. The summed E-state index contributed by atoms with van der Waals surface area (Å²) in [5.41, 5.74) is 28.3. The van der Waals surface area contributed by atoms with Crippen LogP contribution in [0.4, 0.5) is 0 Å². The van der Waals surface area contributed by atoms with Crippen molar-refractivity contribution < 1.29 is 4.79 Å². The fourth-order valence-electron chi connectivity index (χ4n) is 15.9. The van der Waals surface area contributed by atoms with E-state index in [2.05, 4.69) is 265 Å². The maximum atomic E-state index is 16.0. The normalized spacial score (nSPS) is 15.2. The number of rotatable bonds is 4. The minimum Gasteiger partial charge on any atom is -0.309 e. The molecule has 368 valence electrons. The molecule has 5 aliphatic rings. The lowest BCUT2D eigenvalue weighted by atomic mass is 9.67. The van der Waals surface area contributed by atoms with E-state index in [1.54, 1.807) is 0 Å². The Bertz CT molecular complexity index is 4690. The predicted octanol–water partition coefficient (Wildman–Crippen LogP) is 18.2. The minimum absolute atomic E-state index is 0.0273. The second kappa shape index (κ2) is 15.4. The summed E-state index contributed by atoms with van der Waals surface area (Å²) in [6.45, 7) is 2.19. The number of hydrogen-bond acceptors (Lipinski definition) is 1. The first kappa shape index (κ1) is 43.3. The maximum Gasteiger partial charge on any atom is 0.193 e. The topological polar surface area (TPSA) is 26.9 Å². The van der Waals surface area contributed by atoms with Crippen molar-refractivity contribution >= 4 is 55.0 Å². The molecule has 0 aliphatic heterocycles. The Kier molecular flexibility index (Phi) is 8.46. The molecule has 79 heavy (non-hydrogen) atoms. The summed E-state index contributed by atoms with van der Waals surface area (Å²) < 4.78 is 4.91. The van der Waals surface area contributed by atoms with Gasteiger partial charge in [0, 0.05) is 44.0 Å². The van der Waals surface area contributed by atoms with Gasteiger partial charge in [-0.2, -0.15) is 0 Å². The van der Waals surface area contributed by atoms with Crippen LogP contribution in [0.1, 0.15) is 78.8 Å². The second-order valence-corrected chi connectivity index (χ2v) is 22.5. The van der Waals surface area contributed by atoms with Gasteiger partial charge in [0.1, 0.15) is 0 Å². The zero-order valence-electron chi connectivity index (χ0n) is 43.4. The highest BCUT2D eigenvalue weighted by molar-refractivity contribution is 6.13. The molecule has 18 rings (SSSR count). The van der Waals surface area contributed by atoms with Gasteiger partial charge >= 0.3 is 0 Å². The van der Waals surface area contributed by atoms with Gasteiger partial charge in [0.2, 0.25) is 0 Å². The Morgan fingerprint density at radius 1 is 0.367 bits per heavy atom. The van der Waals surface area contributed by atoms with Crippen molar-refractivity contribution in [2.24, 2.45) is 0 Å². The lowest BCUT2D eigenvalue weighted by Crippen LogP contribution is -2.28. The van der Waals surface area contributed by atoms with Crippen LogP contribution in [-0.2, 0) is 10.8 Å². The highest BCUT2D eigenvalue weighted by Gasteiger charge is 2.54. The van der Waals surface area contributed by atoms with Crippen molar-refractivity contribution in [3.05, 3.63) is 316 Å². The van der Waals surface area contributed by atoms with Crippen molar-refractivity contribution in [2.75, 3.05) is 0 Å². The summed E-state index contributed by atoms with van der Waals surface area (Å²) in [4.78, 5) is 16.0. The third-order valence-electron chi connectivity index (χ3n) is 18.9. The van der Waals surface area contributed by atoms with E-state index in [0.29, 0.717) is 11.1 Å². The average molecular weight is 1010 g/mol. The van der Waals surface area contributed by atoms with Gasteiger partial charge < -0.3 is 9.13 Å². The number of carbonyl (C=O) groups is 1. The van der Waals surface area contributed by atoms with Crippen molar-refractivity contribution in [3.63, 3.8) is 0 Å². The lowest BCUT2D eigenvalue weighted by molar-refractivity contribution is 0.103. The van der Waals surface area contributed by atoms with Crippen LogP contribution < -0.4 is 0 Å². The predicted molar refractivity (Wildman–Crippen MR) is 323 cm³/mol. The number of hydrogen-bond donors (Lipinski definition) is 0. The molecule has 0 fully saturated rings. The standard InChI is InChI=1S/C76H48N2O/c1-45-30-35-53-55-37-32-46(41-66(55)75(65(53)40-45)62-23-9-2-16-50(62)51-17-3-10-24-63(51)75)74(79)47-31-36-54-52-18-4-11-25-64(52)76(67(54)42-47)68-43-48(77-70-26-12-5-19-58(70)59-20-6-13-27-71(59)77)33-38-56(68)57-39-34-49(44-69(57)76)78-72-28-14-7-21-60(72)61-22-8-15-29-73(61)78/h2-10,12-24,26-44H,11,25H2,1H3. The van der Waals surface area contributed by atoms with Gasteiger partial charge in [0.25, 0.3) is 0 Å². The molecule has 13 aromatic rings. The molecule has 0 bridgehead atoms. The molecule has 0 N–H and O–H groups in total. The van der Waals surface area contributed by atoms with Gasteiger partial charge in [-0.25, -0.2) is 0 Å². The van der Waals surface area contributed by atoms with Crippen molar-refractivity contribution in [2.45, 2.75) is 30.6 Å². The van der Waals surface area contributed by atoms with Gasteiger partial charge in [-0.1, -0.05) is 194 Å². The molecule has 2 heterocycles. The molecule has 3 heteroatoms. The van der Waals surface area contributed by atoms with Crippen molar-refractivity contribution in [3.8, 4) is 44.8 Å². The summed E-state index contributed by atoms with van der Waals surface area (Å²) in [6, 6.07) is 87.6. The summed E-state index contributed by atoms with van der Waals surface area (Å²) in [7, 11) is 0. The van der Waals surface area contributed by atoms with Crippen LogP contribution in [0, 0.1) is 6.92 Å². The summed E-state index contributed by atoms with van der Waals surface area (Å²) in [6.07, 6.45) is 6.56. The van der Waals surface area contributed by atoms with Crippen LogP contribution in [-0.4, -0.2) is 14.9 Å². The monoisotopic (exact) mass is 1000 g/mol. The van der Waals surface area contributed by atoms with E-state index >= 15 is 4.79 Å². The van der Waals surface area contributed by atoms with E-state index < -0.39 is 10.8 Å². The zero-order chi connectivity index (χ0) is 51.9. The molecule has 11 aromatic carbocycles. The largest absolute Gasteiger partial charge is 0.309 e. The molecule has 2 aromatic heterocycles. The van der Waals surface area contributed by atoms with E-state index in [4.69, 9.17) is 0 Å². The van der Waals surface area contributed by atoms with E-state index in [1.807, 2.05) is 0 Å². The van der Waals surface area contributed by atoms with Gasteiger partial charge in [0.15, 0.2) is 5.78 Å².